The van der Waals surface area contributed by atoms with Gasteiger partial charge in [0.15, 0.2) is 0 Å². The predicted octanol–water partition coefficient (Wildman–Crippen LogP) is -0.451. The number of likely N-dealkylation sites (tertiary alicyclic amines) is 1. The van der Waals surface area contributed by atoms with Gasteiger partial charge in [0.1, 0.15) is 0 Å². The Labute approximate surface area is 97.9 Å². The van der Waals surface area contributed by atoms with Gasteiger partial charge < -0.3 is 9.47 Å². The van der Waals surface area contributed by atoms with Crippen LogP contribution in [-0.2, 0) is 11.3 Å². The molecule has 1 N–H and O–H groups in total. The third-order valence-corrected chi connectivity index (χ3v) is 2.90. The first-order chi connectivity index (χ1) is 8.16. The largest absolute Gasteiger partial charge is 0.343 e. The quantitative estimate of drug-likeness (QED) is 0.770. The van der Waals surface area contributed by atoms with Crippen molar-refractivity contribution < 1.29 is 4.79 Å². The summed E-state index contributed by atoms with van der Waals surface area (Å²) in [4.78, 5) is 37.6. The number of H-pyrrole nitrogens is 1. The summed E-state index contributed by atoms with van der Waals surface area (Å²) in [6.45, 7) is 2.00. The zero-order valence-electron chi connectivity index (χ0n) is 9.52. The summed E-state index contributed by atoms with van der Waals surface area (Å²) in [6.07, 6.45) is 3.76. The van der Waals surface area contributed by atoms with Crippen molar-refractivity contribution in [2.75, 3.05) is 13.1 Å². The second-order valence-corrected chi connectivity index (χ2v) is 4.14. The molecule has 2 rings (SSSR count). The number of nitrogens with zero attached hydrogens (tertiary/aromatic N) is 2. The molecule has 0 bridgehead atoms. The van der Waals surface area contributed by atoms with Crippen LogP contribution in [0.1, 0.15) is 19.3 Å². The number of aromatic amines is 1. The highest BCUT2D eigenvalue weighted by Gasteiger charge is 2.18. The first-order valence-electron chi connectivity index (χ1n) is 5.74. The van der Waals surface area contributed by atoms with Gasteiger partial charge >= 0.3 is 5.69 Å². The smallest absolute Gasteiger partial charge is 0.328 e. The molecular formula is C11H15N3O3. The van der Waals surface area contributed by atoms with Crippen molar-refractivity contribution in [3.05, 3.63) is 33.1 Å². The second-order valence-electron chi connectivity index (χ2n) is 4.14. The lowest BCUT2D eigenvalue weighted by Crippen LogP contribution is -2.31. The maximum atomic E-state index is 11.4. The van der Waals surface area contributed by atoms with E-state index >= 15 is 0 Å². The van der Waals surface area contributed by atoms with E-state index in [9.17, 15) is 14.4 Å². The molecule has 1 saturated heterocycles. The molecule has 1 aromatic heterocycles. The summed E-state index contributed by atoms with van der Waals surface area (Å²) in [6, 6.07) is 1.32. The second kappa shape index (κ2) is 4.99. The Morgan fingerprint density at radius 3 is 2.71 bits per heavy atom. The van der Waals surface area contributed by atoms with Gasteiger partial charge in [-0.3, -0.25) is 14.6 Å². The minimum Gasteiger partial charge on any atom is -0.343 e. The predicted molar refractivity (Wildman–Crippen MR) is 61.8 cm³/mol. The molecule has 0 atom stereocenters. The molecule has 1 amide bonds. The van der Waals surface area contributed by atoms with Gasteiger partial charge in [-0.2, -0.15) is 0 Å². The van der Waals surface area contributed by atoms with E-state index in [1.807, 2.05) is 4.90 Å². The van der Waals surface area contributed by atoms with Gasteiger partial charge in [0.2, 0.25) is 5.91 Å². The van der Waals surface area contributed by atoms with E-state index in [1.54, 1.807) is 0 Å². The molecule has 0 radical (unpaired) electrons. The number of hydrogen-bond donors (Lipinski definition) is 1. The van der Waals surface area contributed by atoms with Crippen LogP contribution in [-0.4, -0.2) is 33.4 Å². The van der Waals surface area contributed by atoms with Gasteiger partial charge in [-0.15, -0.1) is 0 Å². The van der Waals surface area contributed by atoms with Crippen molar-refractivity contribution in [1.82, 2.24) is 14.5 Å². The standard InChI is InChI=1S/C11H15N3O3/c15-9-4-8-14(11(17)12-9)7-2-6-13-5-1-3-10(13)16/h4,8H,1-3,5-7H2,(H,12,15,17). The van der Waals surface area contributed by atoms with Crippen molar-refractivity contribution in [2.45, 2.75) is 25.8 Å². The monoisotopic (exact) mass is 237 g/mol. The topological polar surface area (TPSA) is 75.2 Å². The van der Waals surface area contributed by atoms with E-state index in [4.69, 9.17) is 0 Å². The minimum absolute atomic E-state index is 0.193. The van der Waals surface area contributed by atoms with Crippen LogP contribution in [0.15, 0.2) is 21.9 Å². The fourth-order valence-corrected chi connectivity index (χ4v) is 1.99. The van der Waals surface area contributed by atoms with Gasteiger partial charge in [-0.05, 0) is 12.8 Å². The fourth-order valence-electron chi connectivity index (χ4n) is 1.99. The van der Waals surface area contributed by atoms with Crippen LogP contribution < -0.4 is 11.2 Å². The van der Waals surface area contributed by atoms with Crippen molar-refractivity contribution in [1.29, 1.82) is 0 Å². The van der Waals surface area contributed by atoms with Crippen LogP contribution in [0.5, 0.6) is 0 Å². The van der Waals surface area contributed by atoms with Crippen molar-refractivity contribution in [3.8, 4) is 0 Å². The summed E-state index contributed by atoms with van der Waals surface area (Å²) in [5.41, 5.74) is -0.786. The fraction of sp³-hybridized carbons (Fsp3) is 0.545. The van der Waals surface area contributed by atoms with Crippen LogP contribution >= 0.6 is 0 Å². The number of nitrogens with one attached hydrogen (secondary N) is 1. The third-order valence-electron chi connectivity index (χ3n) is 2.90. The number of amides is 1. The Morgan fingerprint density at radius 1 is 1.24 bits per heavy atom. The lowest BCUT2D eigenvalue weighted by Gasteiger charge is -2.15. The van der Waals surface area contributed by atoms with E-state index in [1.165, 1.54) is 16.8 Å². The highest BCUT2D eigenvalue weighted by atomic mass is 16.2. The maximum absolute atomic E-state index is 11.4. The first-order valence-corrected chi connectivity index (χ1v) is 5.74. The Morgan fingerprint density at radius 2 is 2.06 bits per heavy atom. The molecule has 17 heavy (non-hydrogen) atoms. The Hall–Kier alpha value is -1.85. The van der Waals surface area contributed by atoms with Gasteiger partial charge in [0.05, 0.1) is 0 Å². The molecule has 2 heterocycles. The molecule has 6 heteroatoms. The van der Waals surface area contributed by atoms with Crippen molar-refractivity contribution in [2.24, 2.45) is 0 Å². The van der Waals surface area contributed by atoms with Gasteiger partial charge in [0, 0.05) is 38.3 Å². The molecule has 0 aliphatic carbocycles. The van der Waals surface area contributed by atoms with Gasteiger partial charge in [0.25, 0.3) is 5.56 Å². The Kier molecular flexibility index (Phi) is 3.41. The summed E-state index contributed by atoms with van der Waals surface area (Å²) in [7, 11) is 0. The number of carbonyl (C=O) groups is 1. The van der Waals surface area contributed by atoms with E-state index in [0.29, 0.717) is 19.5 Å². The molecule has 1 aliphatic rings. The summed E-state index contributed by atoms with van der Waals surface area (Å²) < 4.78 is 1.45. The first kappa shape index (κ1) is 11.6. The lowest BCUT2D eigenvalue weighted by atomic mass is 10.4. The zero-order valence-corrected chi connectivity index (χ0v) is 9.52. The van der Waals surface area contributed by atoms with E-state index in [-0.39, 0.29) is 11.5 Å². The molecule has 1 aromatic rings. The molecule has 92 valence electrons. The number of rotatable bonds is 4. The number of carbonyl (C=O) groups excluding carboxylic acids is 1. The van der Waals surface area contributed by atoms with E-state index in [0.717, 1.165) is 19.4 Å². The van der Waals surface area contributed by atoms with Gasteiger partial charge in [-0.25, -0.2) is 4.79 Å². The number of hydrogen-bond acceptors (Lipinski definition) is 3. The lowest BCUT2D eigenvalue weighted by molar-refractivity contribution is -0.127. The number of aromatic nitrogens is 2. The summed E-state index contributed by atoms with van der Waals surface area (Å²) in [5, 5.41) is 0. The van der Waals surface area contributed by atoms with Crippen molar-refractivity contribution >= 4 is 5.91 Å². The summed E-state index contributed by atoms with van der Waals surface area (Å²) in [5.74, 6) is 0.193. The minimum atomic E-state index is -0.398. The van der Waals surface area contributed by atoms with Crippen LogP contribution in [0, 0.1) is 0 Å². The molecule has 0 saturated carbocycles. The zero-order chi connectivity index (χ0) is 12.3. The highest BCUT2D eigenvalue weighted by Crippen LogP contribution is 2.09. The molecular weight excluding hydrogens is 222 g/mol. The van der Waals surface area contributed by atoms with E-state index in [2.05, 4.69) is 4.98 Å². The third kappa shape index (κ3) is 2.83. The Bertz CT molecular complexity index is 517. The molecule has 0 unspecified atom stereocenters. The molecule has 1 fully saturated rings. The SMILES string of the molecule is O=C1CCCN1CCCn1ccc(=O)[nH]c1=O. The van der Waals surface area contributed by atoms with Gasteiger partial charge in [-0.1, -0.05) is 0 Å². The normalized spacial score (nSPS) is 15.5. The van der Waals surface area contributed by atoms with Crippen molar-refractivity contribution in [3.63, 3.8) is 0 Å². The highest BCUT2D eigenvalue weighted by molar-refractivity contribution is 5.77. The number of aryl methyl sites for hydroxylation is 1. The Balaban J connectivity index is 1.88. The van der Waals surface area contributed by atoms with Crippen LogP contribution in [0.25, 0.3) is 0 Å². The molecule has 0 spiro atoms. The molecule has 0 aromatic carbocycles. The molecule has 6 nitrogen and oxygen atoms in total. The average Bonchev–Trinajstić information content (AvgIpc) is 2.68. The van der Waals surface area contributed by atoms with E-state index < -0.39 is 5.69 Å². The van der Waals surface area contributed by atoms with Crippen LogP contribution in [0.2, 0.25) is 0 Å². The molecule has 1 aliphatic heterocycles. The average molecular weight is 237 g/mol. The van der Waals surface area contributed by atoms with Crippen LogP contribution in [0.3, 0.4) is 0 Å². The van der Waals surface area contributed by atoms with Crippen LogP contribution in [0.4, 0.5) is 0 Å². The summed E-state index contributed by atoms with van der Waals surface area (Å²) >= 11 is 0. The maximum Gasteiger partial charge on any atom is 0.328 e.